The first-order valence-electron chi connectivity index (χ1n) is 25.2. The van der Waals surface area contributed by atoms with E-state index < -0.39 is 26.4 Å². The Kier molecular flexibility index (Phi) is 45.5. The number of rotatable bonds is 49. The van der Waals surface area contributed by atoms with Crippen LogP contribution >= 0.6 is 82.5 Å². The Morgan fingerprint density at radius 3 is 1.02 bits per heavy atom. The molecule has 0 aromatic carbocycles. The first-order valence-corrected chi connectivity index (χ1v) is 41.3. The number of unbranched alkanes of at least 4 members (excludes halogenated alkanes) is 8. The van der Waals surface area contributed by atoms with Crippen molar-refractivity contribution in [1.82, 2.24) is 0 Å². The van der Waals surface area contributed by atoms with Crippen LogP contribution in [0.15, 0.2) is 0 Å². The van der Waals surface area contributed by atoms with Crippen LogP contribution in [0.2, 0.25) is 18.1 Å². The zero-order valence-corrected chi connectivity index (χ0v) is 51.3. The zero-order chi connectivity index (χ0) is 46.9. The van der Waals surface area contributed by atoms with Crippen molar-refractivity contribution < 1.29 is 39.8 Å². The van der Waals surface area contributed by atoms with Crippen LogP contribution < -0.4 is 0 Å². The summed E-state index contributed by atoms with van der Waals surface area (Å²) in [5.41, 5.74) is 0. The van der Waals surface area contributed by atoms with E-state index in [2.05, 4.69) is 42.4 Å². The van der Waals surface area contributed by atoms with Crippen molar-refractivity contribution in [3.05, 3.63) is 0 Å². The second-order valence-corrected chi connectivity index (χ2v) is 36.5. The van der Waals surface area contributed by atoms with Gasteiger partial charge in [0.25, 0.3) is 0 Å². The lowest BCUT2D eigenvalue weighted by atomic mass is 9.71. The fourth-order valence-corrected chi connectivity index (χ4v) is 29.2. The highest BCUT2D eigenvalue weighted by molar-refractivity contribution is 9.26. The van der Waals surface area contributed by atoms with Crippen molar-refractivity contribution in [2.45, 2.75) is 183 Å². The van der Waals surface area contributed by atoms with Crippen LogP contribution in [0.4, 0.5) is 0 Å². The summed E-state index contributed by atoms with van der Waals surface area (Å²) in [4.78, 5) is 0. The van der Waals surface area contributed by atoms with Gasteiger partial charge < -0.3 is 39.8 Å². The minimum Gasteiger partial charge on any atom is -0.374 e. The van der Waals surface area contributed by atoms with Gasteiger partial charge in [-0.15, -0.1) is 0 Å². The maximum atomic E-state index is 6.24. The molecule has 1 fully saturated rings. The highest BCUT2D eigenvalue weighted by Crippen LogP contribution is 2.48. The average molecular weight is 1110 g/mol. The van der Waals surface area contributed by atoms with E-state index >= 15 is 0 Å². The summed E-state index contributed by atoms with van der Waals surface area (Å²) >= 11 is 0. The molecule has 3 atom stereocenters. The maximum absolute atomic E-state index is 6.24. The second-order valence-electron chi connectivity index (χ2n) is 15.9. The molecule has 384 valence electrons. The molecule has 3 unspecified atom stereocenters. The van der Waals surface area contributed by atoms with Crippen molar-refractivity contribution in [3.8, 4) is 0 Å². The third kappa shape index (κ3) is 31.5. The van der Waals surface area contributed by atoms with Gasteiger partial charge in [-0.25, -0.2) is 0 Å². The molecular weight excluding hydrogens is 1010 g/mol. The van der Waals surface area contributed by atoms with Gasteiger partial charge in [-0.3, -0.25) is 0 Å². The summed E-state index contributed by atoms with van der Waals surface area (Å²) in [7, 11) is 8.59. The normalized spacial score (nSPS) is 17.5. The molecule has 0 bridgehead atoms. The Labute approximate surface area is 428 Å². The number of hydrogen-bond acceptors (Lipinski definition) is 17. The molecule has 0 N–H and O–H groups in total. The smallest absolute Gasteiger partial charge is 0.374 e. The van der Waals surface area contributed by atoms with E-state index in [4.69, 9.17) is 39.8 Å². The molecule has 64 heavy (non-hydrogen) atoms. The van der Waals surface area contributed by atoms with E-state index in [0.29, 0.717) is 59.5 Å². The van der Waals surface area contributed by atoms with E-state index in [1.807, 2.05) is 102 Å². The quantitative estimate of drug-likeness (QED) is 0.0329. The molecule has 1 aliphatic carbocycles. The van der Waals surface area contributed by atoms with Crippen LogP contribution in [0.5, 0.6) is 0 Å². The highest BCUT2D eigenvalue weighted by atomic mass is 33.7. The maximum Gasteiger partial charge on any atom is 0.500 e. The van der Waals surface area contributed by atoms with Gasteiger partial charge in [-0.1, -0.05) is 88.1 Å². The molecule has 0 heterocycles. The minimum atomic E-state index is -2.60. The molecule has 0 saturated heterocycles. The first-order chi connectivity index (χ1) is 31.3. The van der Waals surface area contributed by atoms with Gasteiger partial charge in [0.15, 0.2) is 0 Å². The lowest BCUT2D eigenvalue weighted by Gasteiger charge is -2.37. The minimum absolute atomic E-state index is 0.657. The van der Waals surface area contributed by atoms with Crippen LogP contribution in [-0.2, 0) is 39.8 Å². The Bertz CT molecular complexity index is 979. The molecule has 9 nitrogen and oxygen atoms in total. The monoisotopic (exact) mass is 1110 g/mol. The van der Waals surface area contributed by atoms with E-state index in [9.17, 15) is 0 Å². The molecule has 1 rings (SSSR count). The van der Waals surface area contributed by atoms with Gasteiger partial charge in [-0.05, 0) is 177 Å². The predicted octanol–water partition coefficient (Wildman–Crippen LogP) is 16.6. The molecule has 20 heteroatoms. The van der Waals surface area contributed by atoms with Crippen LogP contribution in [0.3, 0.4) is 0 Å². The number of hydrogen-bond donors (Lipinski definition) is 0. The first kappa shape index (κ1) is 65.1. The van der Waals surface area contributed by atoms with Crippen LogP contribution in [-0.4, -0.2) is 109 Å². The second kappa shape index (κ2) is 44.8. The molecule has 0 aromatic heterocycles. The van der Waals surface area contributed by atoms with Gasteiger partial charge in [0.2, 0.25) is 0 Å². The SMILES string of the molecule is CCO[Si](CCCCCCCSSSSCCC1CCC(CC[Si](OCC)(OCC)OCC)CC1CCSSSSCCCCCCC[Si](OCC)(OCC)OCC)(OCC)OCC. The molecule has 0 radical (unpaired) electrons. The molecular formula is C44H94O9S8Si3. The van der Waals surface area contributed by atoms with Gasteiger partial charge in [0.05, 0.1) is 0 Å². The van der Waals surface area contributed by atoms with Crippen molar-refractivity contribution in [2.24, 2.45) is 17.8 Å². The molecule has 0 aliphatic heterocycles. The van der Waals surface area contributed by atoms with Crippen LogP contribution in [0, 0.1) is 17.8 Å². The highest BCUT2D eigenvalue weighted by Gasteiger charge is 2.42. The van der Waals surface area contributed by atoms with Crippen molar-refractivity contribution in [3.63, 3.8) is 0 Å². The summed E-state index contributed by atoms with van der Waals surface area (Å²) in [5, 5.41) is 0. The molecule has 0 amide bonds. The zero-order valence-electron chi connectivity index (χ0n) is 41.8. The summed E-state index contributed by atoms with van der Waals surface area (Å²) < 4.78 is 54.9. The Morgan fingerprint density at radius 1 is 0.328 bits per heavy atom. The fourth-order valence-electron chi connectivity index (χ4n) is 8.48. The summed E-state index contributed by atoms with van der Waals surface area (Å²) in [6.45, 7) is 24.4. The predicted molar refractivity (Wildman–Crippen MR) is 301 cm³/mol. The van der Waals surface area contributed by atoms with E-state index in [0.717, 1.165) is 55.1 Å². The van der Waals surface area contributed by atoms with E-state index in [1.165, 1.54) is 106 Å². The molecule has 0 spiro atoms. The Hall–Kier alpha value is 3.09. The molecule has 0 aromatic rings. The summed E-state index contributed by atoms with van der Waals surface area (Å²) in [5.74, 6) is 7.33. The van der Waals surface area contributed by atoms with Gasteiger partial charge in [0, 0.05) is 101 Å². The lowest BCUT2D eigenvalue weighted by Crippen LogP contribution is -2.46. The Balaban J connectivity index is 2.42. The Morgan fingerprint density at radius 2 is 0.641 bits per heavy atom. The van der Waals surface area contributed by atoms with Crippen molar-refractivity contribution in [1.29, 1.82) is 0 Å². The third-order valence-electron chi connectivity index (χ3n) is 11.2. The molecule has 1 saturated carbocycles. The van der Waals surface area contributed by atoms with E-state index in [-0.39, 0.29) is 0 Å². The van der Waals surface area contributed by atoms with Gasteiger partial charge >= 0.3 is 26.4 Å². The third-order valence-corrected chi connectivity index (χ3v) is 33.8. The largest absolute Gasteiger partial charge is 0.500 e. The fraction of sp³-hybridized carbons (Fsp3) is 1.00. The standard InChI is InChI=1S/C44H94O9S8Si3/c1-10-45-62(46-11-2,47-12-3)38-27-23-19-21-25-34-54-58-60-56-36-31-43-30-29-42(33-40-64(51-16-7,52-17-8)53-18-9)41-44(43)32-37-57-61-59-55-35-26-22-20-24-28-39-63(48-13-4,49-14-5)50-15-6/h42-44H,10-41H2,1-9H3. The summed E-state index contributed by atoms with van der Waals surface area (Å²) in [6.07, 6.45) is 20.3. The molecule has 1 aliphatic rings. The van der Waals surface area contributed by atoms with Gasteiger partial charge in [-0.2, -0.15) is 0 Å². The topological polar surface area (TPSA) is 83.1 Å². The van der Waals surface area contributed by atoms with Crippen LogP contribution in [0.25, 0.3) is 0 Å². The summed E-state index contributed by atoms with van der Waals surface area (Å²) in [6, 6.07) is 2.82. The van der Waals surface area contributed by atoms with Crippen molar-refractivity contribution >= 4 is 109 Å². The average Bonchev–Trinajstić information content (AvgIpc) is 3.27. The van der Waals surface area contributed by atoms with Crippen LogP contribution in [0.1, 0.15) is 165 Å². The van der Waals surface area contributed by atoms with Gasteiger partial charge in [0.1, 0.15) is 0 Å². The van der Waals surface area contributed by atoms with E-state index in [1.54, 1.807) is 0 Å². The van der Waals surface area contributed by atoms with Crippen molar-refractivity contribution in [2.75, 3.05) is 82.5 Å². The lowest BCUT2D eigenvalue weighted by molar-refractivity contribution is 0.0670.